The second-order valence-electron chi connectivity index (χ2n) is 5.12. The molecule has 0 saturated carbocycles. The lowest BCUT2D eigenvalue weighted by molar-refractivity contribution is -0.0960. The molecule has 0 fully saturated rings. The third-order valence-electron chi connectivity index (χ3n) is 3.58. The zero-order valence-corrected chi connectivity index (χ0v) is 11.3. The second-order valence-corrected chi connectivity index (χ2v) is 5.12. The summed E-state index contributed by atoms with van der Waals surface area (Å²) in [6.45, 7) is 1.72. The quantitative estimate of drug-likeness (QED) is 0.678. The van der Waals surface area contributed by atoms with Gasteiger partial charge in [-0.3, -0.25) is 4.90 Å². The molecule has 2 N–H and O–H groups in total. The fraction of sp³-hybridized carbons (Fsp3) is 0.467. The van der Waals surface area contributed by atoms with Crippen molar-refractivity contribution in [3.05, 3.63) is 41.5 Å². The van der Waals surface area contributed by atoms with E-state index in [1.54, 1.807) is 0 Å². The predicted molar refractivity (Wildman–Crippen MR) is 74.4 cm³/mol. The van der Waals surface area contributed by atoms with E-state index in [2.05, 4.69) is 4.90 Å². The smallest absolute Gasteiger partial charge is 0.399 e. The average Bonchev–Trinajstić information content (AvgIpc) is 2.41. The first-order valence-electron chi connectivity index (χ1n) is 6.78. The van der Waals surface area contributed by atoms with Gasteiger partial charge in [0.05, 0.1) is 0 Å². The minimum atomic E-state index is -4.16. The molecule has 2 rings (SSSR count). The predicted octanol–water partition coefficient (Wildman–Crippen LogP) is 3.40. The molecule has 0 bridgehead atoms. The molecule has 1 heterocycles. The highest BCUT2D eigenvalue weighted by Crippen LogP contribution is 2.30. The Balaban J connectivity index is 1.74. The first-order chi connectivity index (χ1) is 9.45. The molecular formula is C15H19F3N2. The van der Waals surface area contributed by atoms with Gasteiger partial charge in [-0.05, 0) is 43.5 Å². The van der Waals surface area contributed by atoms with Gasteiger partial charge in [-0.25, -0.2) is 0 Å². The number of alkyl halides is 3. The van der Waals surface area contributed by atoms with E-state index in [-0.39, 0.29) is 12.0 Å². The molecule has 5 heteroatoms. The number of nitrogen functional groups attached to an aromatic ring is 1. The summed E-state index contributed by atoms with van der Waals surface area (Å²) in [6.07, 6.45) is -0.875. The highest BCUT2D eigenvalue weighted by atomic mass is 19.4. The third kappa shape index (κ3) is 4.27. The van der Waals surface area contributed by atoms with Crippen LogP contribution in [0.2, 0.25) is 0 Å². The fourth-order valence-electron chi connectivity index (χ4n) is 2.36. The molecule has 0 saturated heterocycles. The number of anilines is 1. The van der Waals surface area contributed by atoms with E-state index in [1.165, 1.54) is 11.6 Å². The number of nitrogens with two attached hydrogens (primary N) is 1. The summed E-state index contributed by atoms with van der Waals surface area (Å²) in [5.41, 5.74) is 7.19. The number of benzene rings is 1. The minimum absolute atomic E-state index is 0.103. The first kappa shape index (κ1) is 14.9. The zero-order chi connectivity index (χ0) is 14.6. The number of hydrogen-bond acceptors (Lipinski definition) is 2. The van der Waals surface area contributed by atoms with E-state index < -0.39 is 6.18 Å². The van der Waals surface area contributed by atoms with Gasteiger partial charge in [-0.2, -0.15) is 13.2 Å². The molecule has 0 aromatic heterocycles. The van der Waals surface area contributed by atoms with Gasteiger partial charge in [0.25, 0.3) is 0 Å². The van der Waals surface area contributed by atoms with E-state index in [1.807, 2.05) is 24.3 Å². The van der Waals surface area contributed by atoms with E-state index in [0.717, 1.165) is 25.1 Å². The summed E-state index contributed by atoms with van der Waals surface area (Å²) in [6, 6.07) is 7.73. The molecule has 1 aliphatic heterocycles. The van der Waals surface area contributed by atoms with E-state index in [0.29, 0.717) is 13.1 Å². The van der Waals surface area contributed by atoms with Crippen LogP contribution in [-0.2, 0) is 6.42 Å². The first-order valence-corrected chi connectivity index (χ1v) is 6.78. The molecule has 1 aromatic carbocycles. The lowest BCUT2D eigenvalue weighted by Gasteiger charge is -2.27. The number of rotatable bonds is 4. The Morgan fingerprint density at radius 3 is 2.40 bits per heavy atom. The van der Waals surface area contributed by atoms with Crippen molar-refractivity contribution in [2.45, 2.75) is 25.4 Å². The van der Waals surface area contributed by atoms with Crippen molar-refractivity contribution < 1.29 is 13.2 Å². The normalized spacial score (nSPS) is 17.1. The molecule has 0 spiro atoms. The molecule has 110 valence electrons. The molecule has 2 nitrogen and oxygen atoms in total. The molecule has 0 atom stereocenters. The third-order valence-corrected chi connectivity index (χ3v) is 3.58. The van der Waals surface area contributed by atoms with Crippen molar-refractivity contribution in [2.24, 2.45) is 0 Å². The van der Waals surface area contributed by atoms with Gasteiger partial charge in [-0.15, -0.1) is 0 Å². The zero-order valence-electron chi connectivity index (χ0n) is 11.3. The molecular weight excluding hydrogens is 265 g/mol. The maximum Gasteiger partial charge on any atom is 0.412 e. The Morgan fingerprint density at radius 2 is 1.85 bits per heavy atom. The number of aryl methyl sites for hydroxylation is 1. The van der Waals surface area contributed by atoms with Crippen molar-refractivity contribution in [3.63, 3.8) is 0 Å². The van der Waals surface area contributed by atoms with Crippen LogP contribution in [0.15, 0.2) is 35.9 Å². The highest BCUT2D eigenvalue weighted by Gasteiger charge is 2.34. The molecule has 1 aromatic rings. The molecule has 1 aliphatic rings. The second kappa shape index (κ2) is 6.31. The van der Waals surface area contributed by atoms with Gasteiger partial charge < -0.3 is 5.73 Å². The molecule has 0 unspecified atom stereocenters. The number of hydrogen-bond donors (Lipinski definition) is 1. The van der Waals surface area contributed by atoms with Crippen LogP contribution >= 0.6 is 0 Å². The lowest BCUT2D eigenvalue weighted by Crippen LogP contribution is -2.32. The minimum Gasteiger partial charge on any atom is -0.399 e. The van der Waals surface area contributed by atoms with Crippen LogP contribution in [0.4, 0.5) is 18.9 Å². The highest BCUT2D eigenvalue weighted by molar-refractivity contribution is 5.39. The van der Waals surface area contributed by atoms with Gasteiger partial charge >= 0.3 is 6.18 Å². The van der Waals surface area contributed by atoms with Crippen LogP contribution in [0.5, 0.6) is 0 Å². The summed E-state index contributed by atoms with van der Waals surface area (Å²) in [4.78, 5) is 2.06. The standard InChI is InChI=1S/C15H19F3N2/c16-15(17,18)13-7-10-20(11-8-13)9-1-2-12-3-5-14(19)6-4-12/h3-7H,1-2,8-11,19H2. The summed E-state index contributed by atoms with van der Waals surface area (Å²) in [5, 5.41) is 0. The van der Waals surface area contributed by atoms with Gasteiger partial charge in [-0.1, -0.05) is 18.2 Å². The summed E-state index contributed by atoms with van der Waals surface area (Å²) < 4.78 is 37.4. The van der Waals surface area contributed by atoms with Gasteiger partial charge in [0.2, 0.25) is 0 Å². The monoisotopic (exact) mass is 284 g/mol. The van der Waals surface area contributed by atoms with E-state index in [4.69, 9.17) is 5.73 Å². The van der Waals surface area contributed by atoms with Crippen molar-refractivity contribution in [2.75, 3.05) is 25.4 Å². The Hall–Kier alpha value is -1.49. The number of halogens is 3. The summed E-state index contributed by atoms with van der Waals surface area (Å²) in [7, 11) is 0. The lowest BCUT2D eigenvalue weighted by atomic mass is 10.1. The van der Waals surface area contributed by atoms with Crippen LogP contribution in [0, 0.1) is 0 Å². The van der Waals surface area contributed by atoms with Crippen LogP contribution in [0.1, 0.15) is 18.4 Å². The maximum atomic E-state index is 12.5. The Kier molecular flexibility index (Phi) is 4.70. The fourth-order valence-corrected chi connectivity index (χ4v) is 2.36. The van der Waals surface area contributed by atoms with Crippen LogP contribution in [0.3, 0.4) is 0 Å². The maximum absolute atomic E-state index is 12.5. The van der Waals surface area contributed by atoms with Crippen molar-refractivity contribution in [1.29, 1.82) is 0 Å². The molecule has 0 radical (unpaired) electrons. The molecule has 0 amide bonds. The average molecular weight is 284 g/mol. The SMILES string of the molecule is Nc1ccc(CCCN2CC=C(C(F)(F)F)CC2)cc1. The van der Waals surface area contributed by atoms with Gasteiger partial charge in [0, 0.05) is 24.4 Å². The van der Waals surface area contributed by atoms with Gasteiger partial charge in [0.15, 0.2) is 0 Å². The van der Waals surface area contributed by atoms with E-state index in [9.17, 15) is 13.2 Å². The Labute approximate surface area is 117 Å². The molecule has 0 aliphatic carbocycles. The van der Waals surface area contributed by atoms with Crippen molar-refractivity contribution in [1.82, 2.24) is 4.90 Å². The topological polar surface area (TPSA) is 29.3 Å². The Bertz CT molecular complexity index is 463. The van der Waals surface area contributed by atoms with Gasteiger partial charge in [0.1, 0.15) is 0 Å². The summed E-state index contributed by atoms with van der Waals surface area (Å²) in [5.74, 6) is 0. The Morgan fingerprint density at radius 1 is 1.15 bits per heavy atom. The van der Waals surface area contributed by atoms with Crippen molar-refractivity contribution in [3.8, 4) is 0 Å². The van der Waals surface area contributed by atoms with Crippen LogP contribution in [0.25, 0.3) is 0 Å². The number of nitrogens with zero attached hydrogens (tertiary/aromatic N) is 1. The largest absolute Gasteiger partial charge is 0.412 e. The molecule has 20 heavy (non-hydrogen) atoms. The van der Waals surface area contributed by atoms with E-state index >= 15 is 0 Å². The van der Waals surface area contributed by atoms with Crippen molar-refractivity contribution >= 4 is 5.69 Å². The van der Waals surface area contributed by atoms with Crippen LogP contribution in [-0.4, -0.2) is 30.7 Å². The van der Waals surface area contributed by atoms with Crippen LogP contribution < -0.4 is 5.73 Å². The summed E-state index contributed by atoms with van der Waals surface area (Å²) >= 11 is 0.